The predicted octanol–water partition coefficient (Wildman–Crippen LogP) is 4.46. The van der Waals surface area contributed by atoms with E-state index in [4.69, 9.17) is 0 Å². The minimum absolute atomic E-state index is 0.210. The summed E-state index contributed by atoms with van der Waals surface area (Å²) in [5, 5.41) is 11.0. The van der Waals surface area contributed by atoms with Gasteiger partial charge in [0.2, 0.25) is 0 Å². The third-order valence-electron chi connectivity index (χ3n) is 3.20. The summed E-state index contributed by atoms with van der Waals surface area (Å²) in [7, 11) is 0. The van der Waals surface area contributed by atoms with Crippen LogP contribution in [0.15, 0.2) is 48.5 Å². The van der Waals surface area contributed by atoms with Crippen LogP contribution in [0.4, 0.5) is 8.78 Å². The van der Waals surface area contributed by atoms with Crippen LogP contribution in [0.2, 0.25) is 0 Å². The second-order valence-corrected chi connectivity index (χ2v) is 5.76. The first-order valence-electron chi connectivity index (χ1n) is 6.24. The Kier molecular flexibility index (Phi) is 3.51. The number of hydrogen-bond donors (Lipinski definition) is 1. The van der Waals surface area contributed by atoms with Crippen molar-refractivity contribution in [1.82, 2.24) is 0 Å². The number of halogens is 2. The average molecular weight is 290 g/mol. The monoisotopic (exact) mass is 290 g/mol. The zero-order chi connectivity index (χ0) is 14.1. The quantitative estimate of drug-likeness (QED) is 0.755. The van der Waals surface area contributed by atoms with Crippen molar-refractivity contribution >= 4 is 21.4 Å². The highest BCUT2D eigenvalue weighted by molar-refractivity contribution is 7.19. The van der Waals surface area contributed by atoms with Gasteiger partial charge in [0.1, 0.15) is 11.6 Å². The van der Waals surface area contributed by atoms with Crippen LogP contribution in [-0.2, 0) is 6.42 Å². The minimum Gasteiger partial charge on any atom is -0.387 e. The highest BCUT2D eigenvalue weighted by atomic mass is 32.1. The molecule has 1 heterocycles. The Morgan fingerprint density at radius 2 is 1.85 bits per heavy atom. The van der Waals surface area contributed by atoms with Crippen molar-refractivity contribution in [2.24, 2.45) is 0 Å². The fourth-order valence-corrected chi connectivity index (χ4v) is 3.20. The Balaban J connectivity index is 1.89. The molecule has 102 valence electrons. The van der Waals surface area contributed by atoms with Crippen molar-refractivity contribution in [3.8, 4) is 0 Å². The summed E-state index contributed by atoms with van der Waals surface area (Å²) in [6, 6.07) is 12.7. The summed E-state index contributed by atoms with van der Waals surface area (Å²) >= 11 is 1.40. The van der Waals surface area contributed by atoms with Gasteiger partial charge >= 0.3 is 0 Å². The molecule has 0 bridgehead atoms. The van der Waals surface area contributed by atoms with Crippen LogP contribution in [-0.4, -0.2) is 5.11 Å². The maximum Gasteiger partial charge on any atom is 0.126 e. The second-order valence-electron chi connectivity index (χ2n) is 4.64. The van der Waals surface area contributed by atoms with E-state index in [0.717, 1.165) is 10.1 Å². The first kappa shape index (κ1) is 13.2. The van der Waals surface area contributed by atoms with Crippen molar-refractivity contribution in [2.45, 2.75) is 12.5 Å². The number of fused-ring (bicyclic) bond motifs is 1. The molecule has 0 fully saturated rings. The normalized spacial score (nSPS) is 12.8. The molecule has 20 heavy (non-hydrogen) atoms. The van der Waals surface area contributed by atoms with Crippen LogP contribution < -0.4 is 0 Å². The molecule has 1 nitrogen and oxygen atoms in total. The number of rotatable bonds is 3. The molecular weight excluding hydrogens is 278 g/mol. The first-order valence-corrected chi connectivity index (χ1v) is 7.05. The van der Waals surface area contributed by atoms with Gasteiger partial charge in [0.25, 0.3) is 0 Å². The van der Waals surface area contributed by atoms with Crippen molar-refractivity contribution in [3.05, 3.63) is 70.6 Å². The molecule has 0 saturated heterocycles. The molecule has 4 heteroatoms. The van der Waals surface area contributed by atoms with Gasteiger partial charge in [0.15, 0.2) is 0 Å². The van der Waals surface area contributed by atoms with Crippen LogP contribution in [0.5, 0.6) is 0 Å². The number of thiophene rings is 1. The first-order chi connectivity index (χ1) is 9.63. The Morgan fingerprint density at radius 1 is 1.05 bits per heavy atom. The van der Waals surface area contributed by atoms with E-state index in [2.05, 4.69) is 0 Å². The zero-order valence-electron chi connectivity index (χ0n) is 10.5. The summed E-state index contributed by atoms with van der Waals surface area (Å²) < 4.78 is 27.6. The van der Waals surface area contributed by atoms with Gasteiger partial charge in [0, 0.05) is 16.0 Å². The van der Waals surface area contributed by atoms with Crippen LogP contribution in [0.25, 0.3) is 10.1 Å². The fourth-order valence-electron chi connectivity index (χ4n) is 2.17. The average Bonchev–Trinajstić information content (AvgIpc) is 2.84. The fraction of sp³-hybridized carbons (Fsp3) is 0.125. The second kappa shape index (κ2) is 5.31. The smallest absolute Gasteiger partial charge is 0.126 e. The number of benzene rings is 2. The number of aliphatic hydroxyl groups excluding tert-OH is 1. The van der Waals surface area contributed by atoms with Gasteiger partial charge in [-0.1, -0.05) is 18.2 Å². The topological polar surface area (TPSA) is 20.2 Å². The maximum absolute atomic E-state index is 13.6. The summed E-state index contributed by atoms with van der Waals surface area (Å²) in [4.78, 5) is 0.717. The van der Waals surface area contributed by atoms with Crippen LogP contribution >= 0.6 is 11.3 Å². The van der Waals surface area contributed by atoms with E-state index in [9.17, 15) is 13.9 Å². The minimum atomic E-state index is -0.785. The van der Waals surface area contributed by atoms with E-state index in [1.165, 1.54) is 29.5 Å². The van der Waals surface area contributed by atoms with Gasteiger partial charge in [-0.05, 0) is 41.3 Å². The summed E-state index contributed by atoms with van der Waals surface area (Å²) in [5.74, 6) is -0.621. The molecule has 0 aliphatic carbocycles. The molecular formula is C16H12F2OS. The molecule has 1 unspecified atom stereocenters. The molecule has 0 aliphatic rings. The maximum atomic E-state index is 13.6. The van der Waals surface area contributed by atoms with Gasteiger partial charge in [-0.25, -0.2) is 8.78 Å². The third kappa shape index (κ3) is 2.57. The molecule has 1 aromatic heterocycles. The Labute approximate surface area is 119 Å². The SMILES string of the molecule is OC(Cc1ccccc1F)c1cc2cc(F)ccc2s1. The number of hydrogen-bond acceptors (Lipinski definition) is 2. The molecule has 0 radical (unpaired) electrons. The van der Waals surface area contributed by atoms with Gasteiger partial charge < -0.3 is 5.11 Å². The Bertz CT molecular complexity index is 751. The molecule has 0 saturated carbocycles. The van der Waals surface area contributed by atoms with Crippen LogP contribution in [0.1, 0.15) is 16.5 Å². The van der Waals surface area contributed by atoms with Crippen molar-refractivity contribution in [3.63, 3.8) is 0 Å². The Morgan fingerprint density at radius 3 is 2.65 bits per heavy atom. The molecule has 0 amide bonds. The molecule has 0 spiro atoms. The predicted molar refractivity (Wildman–Crippen MR) is 76.8 cm³/mol. The molecule has 1 N–H and O–H groups in total. The summed E-state index contributed by atoms with van der Waals surface area (Å²) in [6.07, 6.45) is -0.575. The molecule has 0 aliphatic heterocycles. The van der Waals surface area contributed by atoms with Crippen molar-refractivity contribution < 1.29 is 13.9 Å². The molecule has 3 rings (SSSR count). The lowest BCUT2D eigenvalue weighted by atomic mass is 10.1. The summed E-state index contributed by atoms with van der Waals surface area (Å²) in [5.41, 5.74) is 0.476. The van der Waals surface area contributed by atoms with Gasteiger partial charge in [-0.15, -0.1) is 11.3 Å². The lowest BCUT2D eigenvalue weighted by Gasteiger charge is -2.08. The lowest BCUT2D eigenvalue weighted by Crippen LogP contribution is -2.01. The highest BCUT2D eigenvalue weighted by Crippen LogP contribution is 2.32. The van der Waals surface area contributed by atoms with E-state index in [1.54, 1.807) is 30.3 Å². The Hall–Kier alpha value is -1.78. The third-order valence-corrected chi connectivity index (χ3v) is 4.41. The van der Waals surface area contributed by atoms with E-state index in [0.29, 0.717) is 10.4 Å². The van der Waals surface area contributed by atoms with E-state index in [-0.39, 0.29) is 18.1 Å². The van der Waals surface area contributed by atoms with Crippen LogP contribution in [0, 0.1) is 11.6 Å². The highest BCUT2D eigenvalue weighted by Gasteiger charge is 2.14. The molecule has 3 aromatic rings. The van der Waals surface area contributed by atoms with Gasteiger partial charge in [0.05, 0.1) is 6.10 Å². The largest absolute Gasteiger partial charge is 0.387 e. The molecule has 1 atom stereocenters. The van der Waals surface area contributed by atoms with Crippen molar-refractivity contribution in [2.75, 3.05) is 0 Å². The van der Waals surface area contributed by atoms with Gasteiger partial charge in [-0.2, -0.15) is 0 Å². The van der Waals surface area contributed by atoms with Gasteiger partial charge in [-0.3, -0.25) is 0 Å². The van der Waals surface area contributed by atoms with E-state index in [1.807, 2.05) is 0 Å². The van der Waals surface area contributed by atoms with E-state index < -0.39 is 6.10 Å². The molecule has 2 aromatic carbocycles. The summed E-state index contributed by atoms with van der Waals surface area (Å²) in [6.45, 7) is 0. The van der Waals surface area contributed by atoms with Crippen molar-refractivity contribution in [1.29, 1.82) is 0 Å². The zero-order valence-corrected chi connectivity index (χ0v) is 11.3. The van der Waals surface area contributed by atoms with E-state index >= 15 is 0 Å². The lowest BCUT2D eigenvalue weighted by molar-refractivity contribution is 0.181. The number of aliphatic hydroxyl groups is 1. The van der Waals surface area contributed by atoms with Crippen LogP contribution in [0.3, 0.4) is 0 Å². The standard InChI is InChI=1S/C16H12F2OS/c17-12-5-6-15-11(7-12)9-16(20-15)14(19)8-10-3-1-2-4-13(10)18/h1-7,9,14,19H,8H2.